The number of allylic oxidation sites excluding steroid dienone is 2. The third-order valence-corrected chi connectivity index (χ3v) is 9.86. The predicted octanol–water partition coefficient (Wildman–Crippen LogP) is 4.30. The Morgan fingerprint density at radius 3 is 1.93 bits per heavy atom. The molecule has 2 aromatic carbocycles. The number of hydrogen-bond donors (Lipinski definition) is 5. The zero-order chi connectivity index (χ0) is 41.0. The van der Waals surface area contributed by atoms with Gasteiger partial charge < -0.3 is 39.6 Å². The number of nitrogens with one attached hydrogen (secondary N) is 2. The van der Waals surface area contributed by atoms with Crippen molar-refractivity contribution in [1.82, 2.24) is 29.1 Å². The lowest BCUT2D eigenvalue weighted by Gasteiger charge is -2.13. The van der Waals surface area contributed by atoms with Crippen LogP contribution in [0.3, 0.4) is 0 Å². The zero-order valence-electron chi connectivity index (χ0n) is 32.0. The minimum Gasteiger partial charge on any atom is -0.494 e. The lowest BCUT2D eigenvalue weighted by atomic mass is 10.1. The first-order valence-electron chi connectivity index (χ1n) is 18.0. The van der Waals surface area contributed by atoms with Gasteiger partial charge in [-0.15, -0.1) is 11.3 Å². The summed E-state index contributed by atoms with van der Waals surface area (Å²) in [6.45, 7) is 7.52. The van der Waals surface area contributed by atoms with Crippen molar-refractivity contribution in [3.63, 3.8) is 0 Å². The number of amides is 4. The number of imidazole rings is 2. The lowest BCUT2D eigenvalue weighted by molar-refractivity contribution is 0.0987. The number of anilines is 2. The van der Waals surface area contributed by atoms with Crippen molar-refractivity contribution in [2.45, 2.75) is 60.0 Å². The van der Waals surface area contributed by atoms with Crippen molar-refractivity contribution in [1.29, 1.82) is 0 Å². The van der Waals surface area contributed by atoms with E-state index in [2.05, 4.69) is 25.6 Å². The molecule has 0 atom stereocenters. The van der Waals surface area contributed by atoms with Crippen LogP contribution in [-0.2, 0) is 25.9 Å². The number of aryl methyl sites for hydroxylation is 4. The molecule has 0 aliphatic carbocycles. The molecule has 19 heteroatoms. The lowest BCUT2D eigenvalue weighted by Crippen LogP contribution is -2.17. The van der Waals surface area contributed by atoms with Crippen molar-refractivity contribution < 1.29 is 38.2 Å². The fourth-order valence-corrected chi connectivity index (χ4v) is 7.16. The van der Waals surface area contributed by atoms with E-state index in [1.54, 1.807) is 28.2 Å². The summed E-state index contributed by atoms with van der Waals surface area (Å²) in [5, 5.41) is 15.9. The average molecular weight is 799 g/mol. The molecule has 6 rings (SSSR count). The first-order chi connectivity index (χ1) is 27.4. The predicted molar refractivity (Wildman–Crippen MR) is 212 cm³/mol. The van der Waals surface area contributed by atoms with Crippen molar-refractivity contribution >= 4 is 68.9 Å². The Labute approximate surface area is 329 Å². The Morgan fingerprint density at radius 1 is 0.825 bits per heavy atom. The molecular weight excluding hydrogens is 757 g/mol. The van der Waals surface area contributed by atoms with E-state index in [4.69, 9.17) is 30.3 Å². The molecule has 0 aliphatic rings. The second-order valence-electron chi connectivity index (χ2n) is 12.7. The summed E-state index contributed by atoms with van der Waals surface area (Å²) >= 11 is 1.27. The SMILES string of the molecule is CCc1nc(C)oc1C(=O)Nc1nc2cc(C(N)=O)cc(OC)c2n1C/C=C/Cn1c(NC(=O)c2sc(C)nc2CC)nc2cc(C(N)=O)cc(OCCCO)c21. The van der Waals surface area contributed by atoms with Crippen molar-refractivity contribution in [3.8, 4) is 11.5 Å². The molecule has 0 spiro atoms. The number of aliphatic hydroxyl groups is 1. The number of rotatable bonds is 17. The van der Waals surface area contributed by atoms with Gasteiger partial charge in [-0.05, 0) is 44.0 Å². The smallest absolute Gasteiger partial charge is 0.295 e. The summed E-state index contributed by atoms with van der Waals surface area (Å²) < 4.78 is 20.7. The molecule has 18 nitrogen and oxygen atoms in total. The summed E-state index contributed by atoms with van der Waals surface area (Å²) in [6.07, 6.45) is 4.94. The number of carbonyl (C=O) groups excluding carboxylic acids is 4. The highest BCUT2D eigenvalue weighted by molar-refractivity contribution is 7.13. The molecule has 4 aromatic heterocycles. The maximum Gasteiger partial charge on any atom is 0.295 e. The van der Waals surface area contributed by atoms with Crippen LogP contribution in [0, 0.1) is 13.8 Å². The zero-order valence-corrected chi connectivity index (χ0v) is 32.8. The Morgan fingerprint density at radius 2 is 1.39 bits per heavy atom. The number of hydrogen-bond acceptors (Lipinski definition) is 13. The van der Waals surface area contributed by atoms with Crippen molar-refractivity contribution in [2.75, 3.05) is 31.0 Å². The molecule has 0 aliphatic heterocycles. The number of ether oxygens (including phenoxy) is 2. The summed E-state index contributed by atoms with van der Waals surface area (Å²) in [4.78, 5) is 70.2. The molecule has 0 saturated carbocycles. The van der Waals surface area contributed by atoms with Gasteiger partial charge >= 0.3 is 0 Å². The minimum atomic E-state index is -0.699. The van der Waals surface area contributed by atoms with Gasteiger partial charge in [0.25, 0.3) is 11.8 Å². The van der Waals surface area contributed by atoms with Gasteiger partial charge in [-0.1, -0.05) is 26.0 Å². The quantitative estimate of drug-likeness (QED) is 0.0639. The average Bonchev–Trinajstić information content (AvgIpc) is 3.95. The van der Waals surface area contributed by atoms with Gasteiger partial charge in [-0.3, -0.25) is 29.8 Å². The van der Waals surface area contributed by atoms with Crippen LogP contribution in [0.15, 0.2) is 40.8 Å². The Kier molecular flexibility index (Phi) is 12.0. The van der Waals surface area contributed by atoms with E-state index in [1.165, 1.54) is 42.7 Å². The maximum absolute atomic E-state index is 13.7. The highest BCUT2D eigenvalue weighted by Crippen LogP contribution is 2.33. The molecule has 6 aromatic rings. The van der Waals surface area contributed by atoms with Gasteiger partial charge in [0.15, 0.2) is 5.89 Å². The van der Waals surface area contributed by atoms with Gasteiger partial charge in [0, 0.05) is 44.2 Å². The molecule has 0 bridgehead atoms. The number of primary amides is 2. The number of nitrogens with two attached hydrogens (primary N) is 2. The van der Waals surface area contributed by atoms with Crippen LogP contribution >= 0.6 is 11.3 Å². The normalized spacial score (nSPS) is 11.5. The summed E-state index contributed by atoms with van der Waals surface area (Å²) in [5.41, 5.74) is 14.3. The summed E-state index contributed by atoms with van der Waals surface area (Å²) in [5.74, 6) is -1.12. The van der Waals surface area contributed by atoms with E-state index in [9.17, 15) is 24.3 Å². The molecule has 298 valence electrons. The molecule has 4 heterocycles. The van der Waals surface area contributed by atoms with Gasteiger partial charge in [0.2, 0.25) is 29.5 Å². The Bertz CT molecular complexity index is 2550. The summed E-state index contributed by atoms with van der Waals surface area (Å²) in [7, 11) is 1.44. The number of aromatic nitrogens is 6. The van der Waals surface area contributed by atoms with E-state index in [0.717, 1.165) is 5.01 Å². The number of thiazole rings is 1. The van der Waals surface area contributed by atoms with E-state index >= 15 is 0 Å². The molecule has 0 saturated heterocycles. The molecule has 0 unspecified atom stereocenters. The third-order valence-electron chi connectivity index (χ3n) is 8.85. The van der Waals surface area contributed by atoms with Crippen LogP contribution in [0.2, 0.25) is 0 Å². The molecular formula is C38H42N10O8S. The number of carbonyl (C=O) groups is 4. The van der Waals surface area contributed by atoms with E-state index in [0.29, 0.717) is 63.5 Å². The first kappa shape index (κ1) is 40.1. The second kappa shape index (κ2) is 17.0. The van der Waals surface area contributed by atoms with Gasteiger partial charge in [0.05, 0.1) is 41.1 Å². The minimum absolute atomic E-state index is 0.0477. The van der Waals surface area contributed by atoms with Gasteiger partial charge in [-0.25, -0.2) is 19.9 Å². The van der Waals surface area contributed by atoms with E-state index < -0.39 is 23.6 Å². The second-order valence-corrected chi connectivity index (χ2v) is 13.9. The number of aliphatic hydroxyl groups excluding tert-OH is 1. The number of oxazole rings is 1. The largest absolute Gasteiger partial charge is 0.494 e. The molecule has 0 fully saturated rings. The van der Waals surface area contributed by atoms with Crippen molar-refractivity contribution in [3.05, 3.63) is 80.5 Å². The first-order valence-corrected chi connectivity index (χ1v) is 18.8. The maximum atomic E-state index is 13.7. The van der Waals surface area contributed by atoms with Crippen LogP contribution < -0.4 is 31.6 Å². The molecule has 7 N–H and O–H groups in total. The van der Waals surface area contributed by atoms with Crippen LogP contribution in [0.5, 0.6) is 11.5 Å². The monoisotopic (exact) mass is 798 g/mol. The summed E-state index contributed by atoms with van der Waals surface area (Å²) in [6, 6.07) is 6.01. The van der Waals surface area contributed by atoms with Crippen LogP contribution in [-0.4, -0.2) is 78.1 Å². The van der Waals surface area contributed by atoms with Crippen LogP contribution in [0.1, 0.15) is 83.5 Å². The fourth-order valence-electron chi connectivity index (χ4n) is 6.25. The van der Waals surface area contributed by atoms with E-state index in [-0.39, 0.29) is 66.6 Å². The topological polar surface area (TPSA) is 258 Å². The molecule has 0 radical (unpaired) electrons. The fraction of sp³-hybridized carbons (Fsp3) is 0.316. The third kappa shape index (κ3) is 8.33. The van der Waals surface area contributed by atoms with Crippen molar-refractivity contribution in [2.24, 2.45) is 11.5 Å². The van der Waals surface area contributed by atoms with Gasteiger partial charge in [0.1, 0.15) is 27.4 Å². The number of fused-ring (bicyclic) bond motifs is 2. The number of methoxy groups -OCH3 is 1. The number of benzene rings is 2. The molecule has 4 amide bonds. The van der Waals surface area contributed by atoms with E-state index in [1.807, 2.05) is 20.8 Å². The van der Waals surface area contributed by atoms with Gasteiger partial charge in [-0.2, -0.15) is 0 Å². The number of nitrogens with zero attached hydrogens (tertiary/aromatic N) is 6. The standard InChI is InChI=1S/C38H42N10O8S/c1-6-23-31(56-19(3)41-23)35(52)45-37-43-25-15-21(33(39)50)17-27(54-5)29(25)47(37)11-8-9-12-48-30-26(16-22(34(40)51)18-28(30)55-14-10-13-49)44-38(48)46-36(53)32-24(7-2)42-20(4)57-32/h8-9,15-18,49H,6-7,10-14H2,1-5H3,(H2,39,50)(H2,40,51)(H,43,45,52)(H,44,46,53)/b9-8+. The highest BCUT2D eigenvalue weighted by Gasteiger charge is 2.25. The Balaban J connectivity index is 1.41. The van der Waals surface area contributed by atoms with Crippen LogP contribution in [0.25, 0.3) is 22.1 Å². The Hall–Kier alpha value is -6.60. The highest BCUT2D eigenvalue weighted by atomic mass is 32.1. The molecule has 57 heavy (non-hydrogen) atoms. The van der Waals surface area contributed by atoms with Crippen LogP contribution in [0.4, 0.5) is 11.9 Å².